The number of piperidine rings is 1. The number of carbonyl (C=O) groups excluding carboxylic acids is 1. The minimum absolute atomic E-state index is 0.313. The highest BCUT2D eigenvalue weighted by Gasteiger charge is 2.20. The van der Waals surface area contributed by atoms with Crippen LogP contribution in [0.5, 0.6) is 0 Å². The van der Waals surface area contributed by atoms with Gasteiger partial charge in [0.1, 0.15) is 0 Å². The number of hydrogen-bond acceptors (Lipinski definition) is 5. The molecular formula is C16H20BrN5OS. The Balaban J connectivity index is 1.59. The van der Waals surface area contributed by atoms with Crippen LogP contribution in [0.15, 0.2) is 22.7 Å². The third-order valence-electron chi connectivity index (χ3n) is 3.98. The summed E-state index contributed by atoms with van der Waals surface area (Å²) < 4.78 is 1.01. The number of aryl methyl sites for hydroxylation is 1. The molecule has 1 aliphatic rings. The maximum Gasteiger partial charge on any atom is 0.325 e. The fourth-order valence-corrected chi connectivity index (χ4v) is 3.76. The van der Waals surface area contributed by atoms with Gasteiger partial charge in [-0.3, -0.25) is 5.32 Å². The van der Waals surface area contributed by atoms with Crippen LogP contribution < -0.4 is 15.5 Å². The van der Waals surface area contributed by atoms with E-state index < -0.39 is 0 Å². The molecule has 0 radical (unpaired) electrons. The first-order chi connectivity index (χ1) is 11.5. The van der Waals surface area contributed by atoms with Crippen molar-refractivity contribution in [3.05, 3.63) is 28.2 Å². The summed E-state index contributed by atoms with van der Waals surface area (Å²) in [5.41, 5.74) is 1.80. The Morgan fingerprint density at radius 3 is 2.96 bits per heavy atom. The first-order valence-corrected chi connectivity index (χ1v) is 9.55. The van der Waals surface area contributed by atoms with E-state index in [0.717, 1.165) is 33.9 Å². The molecule has 128 valence electrons. The molecule has 2 amide bonds. The molecule has 6 nitrogen and oxygen atoms in total. The average Bonchev–Trinajstić information content (AvgIpc) is 2.99. The van der Waals surface area contributed by atoms with Gasteiger partial charge in [-0.1, -0.05) is 34.2 Å². The molecule has 0 saturated carbocycles. The molecule has 1 atom stereocenters. The fourth-order valence-electron chi connectivity index (χ4n) is 2.74. The third kappa shape index (κ3) is 4.24. The summed E-state index contributed by atoms with van der Waals surface area (Å²) in [5, 5.41) is 15.2. The lowest BCUT2D eigenvalue weighted by molar-refractivity contribution is 0.262. The number of aromatic nitrogens is 2. The van der Waals surface area contributed by atoms with Gasteiger partial charge in [-0.2, -0.15) is 0 Å². The molecule has 24 heavy (non-hydrogen) atoms. The van der Waals surface area contributed by atoms with E-state index in [4.69, 9.17) is 0 Å². The van der Waals surface area contributed by atoms with Crippen LogP contribution in [0, 0.1) is 12.8 Å². The second kappa shape index (κ2) is 7.48. The Morgan fingerprint density at radius 2 is 2.21 bits per heavy atom. The molecule has 0 bridgehead atoms. The predicted octanol–water partition coefficient (Wildman–Crippen LogP) is 4.49. The Bertz CT molecular complexity index is 735. The van der Waals surface area contributed by atoms with Crippen molar-refractivity contribution in [2.24, 2.45) is 5.92 Å². The van der Waals surface area contributed by atoms with E-state index in [0.29, 0.717) is 11.0 Å². The van der Waals surface area contributed by atoms with E-state index in [9.17, 15) is 4.79 Å². The summed E-state index contributed by atoms with van der Waals surface area (Å²) in [5.74, 6) is 0.669. The lowest BCUT2D eigenvalue weighted by atomic mass is 10.0. The average molecular weight is 410 g/mol. The van der Waals surface area contributed by atoms with E-state index in [-0.39, 0.29) is 6.03 Å². The second-order valence-electron chi connectivity index (χ2n) is 6.13. The number of hydrogen-bond donors (Lipinski definition) is 2. The van der Waals surface area contributed by atoms with E-state index in [1.165, 1.54) is 24.2 Å². The zero-order valence-electron chi connectivity index (χ0n) is 13.7. The molecule has 2 heterocycles. The molecule has 1 aliphatic heterocycles. The van der Waals surface area contributed by atoms with Crippen LogP contribution in [0.1, 0.15) is 25.3 Å². The number of anilines is 3. The van der Waals surface area contributed by atoms with Gasteiger partial charge in [0, 0.05) is 23.2 Å². The Labute approximate surface area is 153 Å². The summed E-state index contributed by atoms with van der Waals surface area (Å²) in [7, 11) is 0. The normalized spacial score (nSPS) is 17.6. The molecule has 1 aromatic heterocycles. The zero-order chi connectivity index (χ0) is 17.1. The topological polar surface area (TPSA) is 70.1 Å². The summed E-state index contributed by atoms with van der Waals surface area (Å²) in [6, 6.07) is 5.35. The molecule has 1 aromatic carbocycles. The molecule has 0 aliphatic carbocycles. The van der Waals surface area contributed by atoms with Crippen LogP contribution >= 0.6 is 27.3 Å². The SMILES string of the molecule is Cc1cc(NC(=O)Nc2nnc(N3CCCC(C)C3)s2)ccc1Br. The number of nitrogens with one attached hydrogen (secondary N) is 2. The molecule has 0 spiro atoms. The van der Waals surface area contributed by atoms with Gasteiger partial charge >= 0.3 is 6.03 Å². The molecular weight excluding hydrogens is 390 g/mol. The number of amides is 2. The summed E-state index contributed by atoms with van der Waals surface area (Å²) in [6.45, 7) is 6.23. The summed E-state index contributed by atoms with van der Waals surface area (Å²) >= 11 is 4.85. The lowest BCUT2D eigenvalue weighted by Gasteiger charge is -2.29. The lowest BCUT2D eigenvalue weighted by Crippen LogP contribution is -2.34. The van der Waals surface area contributed by atoms with Crippen LogP contribution in [-0.2, 0) is 0 Å². The molecule has 1 saturated heterocycles. The minimum atomic E-state index is -0.313. The predicted molar refractivity (Wildman–Crippen MR) is 102 cm³/mol. The van der Waals surface area contributed by atoms with E-state index in [1.807, 2.05) is 25.1 Å². The second-order valence-corrected chi connectivity index (χ2v) is 7.94. The molecule has 2 N–H and O–H groups in total. The first kappa shape index (κ1) is 17.2. The molecule has 3 rings (SSSR count). The molecule has 1 unspecified atom stereocenters. The van der Waals surface area contributed by atoms with Gasteiger partial charge in [0.15, 0.2) is 0 Å². The smallest absolute Gasteiger partial charge is 0.325 e. The van der Waals surface area contributed by atoms with E-state index in [1.54, 1.807) is 0 Å². The van der Waals surface area contributed by atoms with Crippen LogP contribution in [0.4, 0.5) is 20.7 Å². The van der Waals surface area contributed by atoms with Crippen molar-refractivity contribution < 1.29 is 4.79 Å². The third-order valence-corrected chi connectivity index (χ3v) is 5.77. The number of nitrogens with zero attached hydrogens (tertiary/aromatic N) is 3. The quantitative estimate of drug-likeness (QED) is 0.782. The largest absolute Gasteiger partial charge is 0.346 e. The summed E-state index contributed by atoms with van der Waals surface area (Å²) in [4.78, 5) is 14.4. The molecule has 1 fully saturated rings. The van der Waals surface area contributed by atoms with Crippen molar-refractivity contribution in [3.8, 4) is 0 Å². The number of rotatable bonds is 3. The van der Waals surface area contributed by atoms with Gasteiger partial charge in [0.2, 0.25) is 10.3 Å². The maximum atomic E-state index is 12.1. The fraction of sp³-hybridized carbons (Fsp3) is 0.438. The van der Waals surface area contributed by atoms with Crippen molar-refractivity contribution in [1.82, 2.24) is 10.2 Å². The summed E-state index contributed by atoms with van der Waals surface area (Å²) in [6.07, 6.45) is 2.43. The van der Waals surface area contributed by atoms with Gasteiger partial charge in [-0.25, -0.2) is 4.79 Å². The van der Waals surface area contributed by atoms with Crippen molar-refractivity contribution in [2.75, 3.05) is 28.6 Å². The highest BCUT2D eigenvalue weighted by Crippen LogP contribution is 2.28. The Morgan fingerprint density at radius 1 is 1.38 bits per heavy atom. The maximum absolute atomic E-state index is 12.1. The number of halogens is 1. The first-order valence-electron chi connectivity index (χ1n) is 7.94. The van der Waals surface area contributed by atoms with Gasteiger partial charge in [-0.15, -0.1) is 10.2 Å². The molecule has 2 aromatic rings. The monoisotopic (exact) mass is 409 g/mol. The van der Waals surface area contributed by atoms with Gasteiger partial charge < -0.3 is 10.2 Å². The van der Waals surface area contributed by atoms with Gasteiger partial charge in [0.05, 0.1) is 0 Å². The highest BCUT2D eigenvalue weighted by molar-refractivity contribution is 9.10. The number of carbonyl (C=O) groups is 1. The Hall–Kier alpha value is -1.67. The van der Waals surface area contributed by atoms with Gasteiger partial charge in [-0.05, 0) is 49.4 Å². The zero-order valence-corrected chi connectivity index (χ0v) is 16.1. The standard InChI is InChI=1S/C16H20BrN5OS/c1-10-4-3-7-22(9-10)16-21-20-15(24-16)19-14(23)18-12-5-6-13(17)11(2)8-12/h5-6,8,10H,3-4,7,9H2,1-2H3,(H2,18,19,20,23). The van der Waals surface area contributed by atoms with Crippen LogP contribution in [0.2, 0.25) is 0 Å². The van der Waals surface area contributed by atoms with Crippen molar-refractivity contribution in [1.29, 1.82) is 0 Å². The van der Waals surface area contributed by atoms with E-state index >= 15 is 0 Å². The minimum Gasteiger partial charge on any atom is -0.346 e. The van der Waals surface area contributed by atoms with E-state index in [2.05, 4.69) is 48.6 Å². The number of urea groups is 1. The van der Waals surface area contributed by atoms with Crippen LogP contribution in [0.25, 0.3) is 0 Å². The molecule has 8 heteroatoms. The van der Waals surface area contributed by atoms with Gasteiger partial charge in [0.25, 0.3) is 0 Å². The van der Waals surface area contributed by atoms with Crippen molar-refractivity contribution in [2.45, 2.75) is 26.7 Å². The van der Waals surface area contributed by atoms with Crippen molar-refractivity contribution in [3.63, 3.8) is 0 Å². The van der Waals surface area contributed by atoms with Crippen molar-refractivity contribution >= 4 is 49.2 Å². The van der Waals surface area contributed by atoms with Crippen LogP contribution in [-0.4, -0.2) is 29.3 Å². The Kier molecular flexibility index (Phi) is 5.35. The number of benzene rings is 1. The highest BCUT2D eigenvalue weighted by atomic mass is 79.9. The van der Waals surface area contributed by atoms with Crippen LogP contribution in [0.3, 0.4) is 0 Å².